The zero-order chi connectivity index (χ0) is 12.4. The first-order valence-electron chi connectivity index (χ1n) is 6.41. The molecule has 1 saturated carbocycles. The Bertz CT molecular complexity index is 394. The molecule has 1 aromatic carbocycles. The number of carboxylic acids is 1. The fourth-order valence-corrected chi connectivity index (χ4v) is 2.55. The van der Waals surface area contributed by atoms with Crippen LogP contribution in [0.15, 0.2) is 24.3 Å². The molecule has 0 heterocycles. The van der Waals surface area contributed by atoms with E-state index in [4.69, 9.17) is 5.11 Å². The molecular formula is C15H20O2. The van der Waals surface area contributed by atoms with Crippen molar-refractivity contribution < 1.29 is 9.90 Å². The first-order chi connectivity index (χ1) is 8.11. The van der Waals surface area contributed by atoms with Crippen molar-refractivity contribution in [2.75, 3.05) is 0 Å². The van der Waals surface area contributed by atoms with Crippen LogP contribution in [0.3, 0.4) is 0 Å². The molecule has 1 fully saturated rings. The van der Waals surface area contributed by atoms with E-state index in [1.807, 2.05) is 0 Å². The van der Waals surface area contributed by atoms with E-state index in [0.717, 1.165) is 19.3 Å². The fourth-order valence-electron chi connectivity index (χ4n) is 2.55. The zero-order valence-corrected chi connectivity index (χ0v) is 10.5. The van der Waals surface area contributed by atoms with Gasteiger partial charge in [-0.1, -0.05) is 36.8 Å². The van der Waals surface area contributed by atoms with E-state index in [2.05, 4.69) is 38.1 Å². The van der Waals surface area contributed by atoms with Gasteiger partial charge in [-0.05, 0) is 43.6 Å². The van der Waals surface area contributed by atoms with Crippen molar-refractivity contribution >= 4 is 5.97 Å². The molecule has 92 valence electrons. The van der Waals surface area contributed by atoms with Crippen LogP contribution >= 0.6 is 0 Å². The molecule has 2 heteroatoms. The lowest BCUT2D eigenvalue weighted by molar-refractivity contribution is -0.138. The third kappa shape index (κ3) is 2.87. The summed E-state index contributed by atoms with van der Waals surface area (Å²) in [6.07, 6.45) is 2.99. The molecule has 3 unspecified atom stereocenters. The second-order valence-corrected chi connectivity index (χ2v) is 5.19. The first-order valence-corrected chi connectivity index (χ1v) is 6.41. The maximum Gasteiger partial charge on any atom is 0.306 e. The first kappa shape index (κ1) is 12.2. The van der Waals surface area contributed by atoms with Gasteiger partial charge in [0.25, 0.3) is 0 Å². The van der Waals surface area contributed by atoms with E-state index in [0.29, 0.717) is 11.8 Å². The maximum atomic E-state index is 10.8. The molecule has 0 aromatic heterocycles. The molecule has 1 aromatic rings. The van der Waals surface area contributed by atoms with Gasteiger partial charge in [0.2, 0.25) is 0 Å². The summed E-state index contributed by atoms with van der Waals surface area (Å²) in [7, 11) is 0. The molecule has 1 aliphatic carbocycles. The van der Waals surface area contributed by atoms with Crippen molar-refractivity contribution in [3.05, 3.63) is 35.4 Å². The molecule has 3 atom stereocenters. The summed E-state index contributed by atoms with van der Waals surface area (Å²) in [5.74, 6) is 0.229. The third-order valence-corrected chi connectivity index (χ3v) is 3.87. The van der Waals surface area contributed by atoms with Crippen LogP contribution in [0.5, 0.6) is 0 Å². The SMILES string of the molecule is CCC(CC1CC1C(=O)O)c1ccc(C)cc1. The fraction of sp³-hybridized carbons (Fsp3) is 0.533. The molecule has 0 bridgehead atoms. The number of benzene rings is 1. The molecule has 0 aliphatic heterocycles. The van der Waals surface area contributed by atoms with Gasteiger partial charge in [-0.15, -0.1) is 0 Å². The van der Waals surface area contributed by atoms with Crippen LogP contribution in [0.1, 0.15) is 43.2 Å². The van der Waals surface area contributed by atoms with E-state index in [1.165, 1.54) is 11.1 Å². The largest absolute Gasteiger partial charge is 0.481 e. The zero-order valence-electron chi connectivity index (χ0n) is 10.5. The molecule has 0 spiro atoms. The standard InChI is InChI=1S/C15H20O2/c1-3-11(8-13-9-14(13)15(16)17)12-6-4-10(2)5-7-12/h4-7,11,13-14H,3,8-9H2,1-2H3,(H,16,17). The molecule has 2 nitrogen and oxygen atoms in total. The lowest BCUT2D eigenvalue weighted by atomic mass is 9.90. The number of rotatable bonds is 5. The van der Waals surface area contributed by atoms with E-state index in [-0.39, 0.29) is 5.92 Å². The van der Waals surface area contributed by atoms with Gasteiger partial charge in [-0.3, -0.25) is 4.79 Å². The monoisotopic (exact) mass is 232 g/mol. The highest BCUT2D eigenvalue weighted by Gasteiger charge is 2.43. The summed E-state index contributed by atoms with van der Waals surface area (Å²) in [4.78, 5) is 10.8. The molecular weight excluding hydrogens is 212 g/mol. The van der Waals surface area contributed by atoms with Crippen molar-refractivity contribution in [3.8, 4) is 0 Å². The molecule has 17 heavy (non-hydrogen) atoms. The molecule has 1 aliphatic rings. The summed E-state index contributed by atoms with van der Waals surface area (Å²) >= 11 is 0. The Morgan fingerprint density at radius 1 is 1.41 bits per heavy atom. The topological polar surface area (TPSA) is 37.3 Å². The summed E-state index contributed by atoms with van der Waals surface area (Å²) in [5, 5.41) is 8.92. The molecule has 2 rings (SSSR count). The predicted molar refractivity (Wildman–Crippen MR) is 68.1 cm³/mol. The van der Waals surface area contributed by atoms with Gasteiger partial charge in [-0.2, -0.15) is 0 Å². The van der Waals surface area contributed by atoms with Crippen LogP contribution in [-0.2, 0) is 4.79 Å². The molecule has 0 amide bonds. The average molecular weight is 232 g/mol. The number of carbonyl (C=O) groups is 1. The summed E-state index contributed by atoms with van der Waals surface area (Å²) in [5.41, 5.74) is 2.63. The smallest absolute Gasteiger partial charge is 0.306 e. The highest BCUT2D eigenvalue weighted by molar-refractivity contribution is 5.73. The lowest BCUT2D eigenvalue weighted by Gasteiger charge is -2.15. The predicted octanol–water partition coefficient (Wildman–Crippen LogP) is 3.60. The van der Waals surface area contributed by atoms with Crippen molar-refractivity contribution in [2.24, 2.45) is 11.8 Å². The molecule has 0 radical (unpaired) electrons. The lowest BCUT2D eigenvalue weighted by Crippen LogP contribution is -2.04. The van der Waals surface area contributed by atoms with Gasteiger partial charge in [0.1, 0.15) is 0 Å². The number of carboxylic acid groups (broad SMARTS) is 1. The van der Waals surface area contributed by atoms with Crippen LogP contribution in [0.25, 0.3) is 0 Å². The minimum atomic E-state index is -0.617. The third-order valence-electron chi connectivity index (χ3n) is 3.87. The Morgan fingerprint density at radius 3 is 2.53 bits per heavy atom. The number of hydrogen-bond donors (Lipinski definition) is 1. The number of hydrogen-bond acceptors (Lipinski definition) is 1. The summed E-state index contributed by atoms with van der Waals surface area (Å²) in [6, 6.07) is 8.64. The second-order valence-electron chi connectivity index (χ2n) is 5.19. The highest BCUT2D eigenvalue weighted by atomic mass is 16.4. The van der Waals surface area contributed by atoms with Crippen LogP contribution in [0.4, 0.5) is 0 Å². The molecule has 1 N–H and O–H groups in total. The van der Waals surface area contributed by atoms with E-state index >= 15 is 0 Å². The Balaban J connectivity index is 1.98. The van der Waals surface area contributed by atoms with Crippen LogP contribution < -0.4 is 0 Å². The van der Waals surface area contributed by atoms with Crippen LogP contribution in [0.2, 0.25) is 0 Å². The average Bonchev–Trinajstić information content (AvgIpc) is 3.07. The normalized spacial score (nSPS) is 24.4. The quantitative estimate of drug-likeness (QED) is 0.842. The van der Waals surface area contributed by atoms with Gasteiger partial charge in [0.05, 0.1) is 5.92 Å². The van der Waals surface area contributed by atoms with Crippen LogP contribution in [-0.4, -0.2) is 11.1 Å². The minimum absolute atomic E-state index is 0.0745. The van der Waals surface area contributed by atoms with E-state index < -0.39 is 5.97 Å². The Kier molecular flexibility index (Phi) is 3.51. The van der Waals surface area contributed by atoms with Crippen molar-refractivity contribution in [2.45, 2.75) is 39.0 Å². The number of aliphatic carboxylic acids is 1. The van der Waals surface area contributed by atoms with Crippen molar-refractivity contribution in [1.82, 2.24) is 0 Å². The van der Waals surface area contributed by atoms with Gasteiger partial charge in [-0.25, -0.2) is 0 Å². The van der Waals surface area contributed by atoms with Gasteiger partial charge in [0, 0.05) is 0 Å². The Labute approximate surface area is 103 Å². The van der Waals surface area contributed by atoms with Crippen LogP contribution in [0, 0.1) is 18.8 Å². The van der Waals surface area contributed by atoms with E-state index in [9.17, 15) is 4.79 Å². The highest BCUT2D eigenvalue weighted by Crippen LogP contribution is 2.45. The van der Waals surface area contributed by atoms with E-state index in [1.54, 1.807) is 0 Å². The molecule has 0 saturated heterocycles. The maximum absolute atomic E-state index is 10.8. The van der Waals surface area contributed by atoms with Crippen molar-refractivity contribution in [1.29, 1.82) is 0 Å². The van der Waals surface area contributed by atoms with Gasteiger partial charge >= 0.3 is 5.97 Å². The minimum Gasteiger partial charge on any atom is -0.481 e. The Morgan fingerprint density at radius 2 is 2.06 bits per heavy atom. The van der Waals surface area contributed by atoms with Gasteiger partial charge in [0.15, 0.2) is 0 Å². The summed E-state index contributed by atoms with van der Waals surface area (Å²) in [6.45, 7) is 4.27. The number of aryl methyl sites for hydroxylation is 1. The Hall–Kier alpha value is -1.31. The van der Waals surface area contributed by atoms with Gasteiger partial charge < -0.3 is 5.11 Å². The van der Waals surface area contributed by atoms with Crippen molar-refractivity contribution in [3.63, 3.8) is 0 Å². The summed E-state index contributed by atoms with van der Waals surface area (Å²) < 4.78 is 0. The second kappa shape index (κ2) is 4.91.